The van der Waals surface area contributed by atoms with Crippen LogP contribution in [-0.4, -0.2) is 33.0 Å². The molecule has 0 aliphatic heterocycles. The molecule has 0 saturated heterocycles. The zero-order chi connectivity index (χ0) is 17.5. The second-order valence-corrected chi connectivity index (χ2v) is 5.27. The van der Waals surface area contributed by atoms with Crippen molar-refractivity contribution >= 4 is 0 Å². The van der Waals surface area contributed by atoms with Crippen molar-refractivity contribution in [1.82, 2.24) is 0 Å². The van der Waals surface area contributed by atoms with Crippen LogP contribution in [-0.2, 0) is 12.8 Å². The minimum atomic E-state index is 0.166. The number of benzene rings is 2. The topological polar surface area (TPSA) is 57.2 Å². The number of rotatable bonds is 8. The van der Waals surface area contributed by atoms with Crippen molar-refractivity contribution in [3.05, 3.63) is 41.5 Å². The van der Waals surface area contributed by atoms with Crippen molar-refractivity contribution in [2.24, 2.45) is 0 Å². The Kier molecular flexibility index (Phi) is 6.18. The summed E-state index contributed by atoms with van der Waals surface area (Å²) >= 11 is 0. The van der Waals surface area contributed by atoms with Crippen LogP contribution >= 0.6 is 0 Å². The lowest BCUT2D eigenvalue weighted by Crippen LogP contribution is -1.99. The molecule has 0 radical (unpaired) electrons. The van der Waals surface area contributed by atoms with E-state index >= 15 is 0 Å². The molecule has 2 rings (SSSR count). The van der Waals surface area contributed by atoms with Gasteiger partial charge in [0.15, 0.2) is 23.0 Å². The fraction of sp³-hybridized carbons (Fsp3) is 0.368. The zero-order valence-corrected chi connectivity index (χ0v) is 14.6. The number of phenols is 1. The van der Waals surface area contributed by atoms with Crippen LogP contribution in [0.4, 0.5) is 0 Å². The van der Waals surface area contributed by atoms with E-state index in [1.54, 1.807) is 33.5 Å². The molecule has 5 heteroatoms. The van der Waals surface area contributed by atoms with Crippen LogP contribution in [0.2, 0.25) is 0 Å². The van der Waals surface area contributed by atoms with Gasteiger partial charge in [-0.1, -0.05) is 6.07 Å². The van der Waals surface area contributed by atoms with Crippen LogP contribution in [0.5, 0.6) is 28.7 Å². The number of ether oxygens (including phenoxy) is 4. The Bertz CT molecular complexity index is 656. The number of hydrogen-bond donors (Lipinski definition) is 1. The van der Waals surface area contributed by atoms with Crippen LogP contribution < -0.4 is 18.9 Å². The minimum Gasteiger partial charge on any atom is -0.504 e. The summed E-state index contributed by atoms with van der Waals surface area (Å²) in [6.07, 6.45) is 1.56. The smallest absolute Gasteiger partial charge is 0.203 e. The van der Waals surface area contributed by atoms with Gasteiger partial charge in [-0.05, 0) is 55.2 Å². The van der Waals surface area contributed by atoms with E-state index in [1.165, 1.54) is 0 Å². The van der Waals surface area contributed by atoms with E-state index in [0.29, 0.717) is 29.6 Å². The fourth-order valence-corrected chi connectivity index (χ4v) is 2.56. The van der Waals surface area contributed by atoms with Gasteiger partial charge in [-0.15, -0.1) is 0 Å². The summed E-state index contributed by atoms with van der Waals surface area (Å²) in [7, 11) is 4.79. The molecule has 24 heavy (non-hydrogen) atoms. The number of methoxy groups -OCH3 is 3. The van der Waals surface area contributed by atoms with Crippen molar-refractivity contribution in [1.29, 1.82) is 0 Å². The van der Waals surface area contributed by atoms with Gasteiger partial charge in [-0.3, -0.25) is 0 Å². The first-order valence-electron chi connectivity index (χ1n) is 7.86. The third-order valence-corrected chi connectivity index (χ3v) is 3.75. The molecule has 0 saturated carbocycles. The second kappa shape index (κ2) is 8.34. The molecule has 0 bridgehead atoms. The van der Waals surface area contributed by atoms with Crippen molar-refractivity contribution in [3.63, 3.8) is 0 Å². The van der Waals surface area contributed by atoms with Gasteiger partial charge in [0.25, 0.3) is 0 Å². The van der Waals surface area contributed by atoms with Crippen LogP contribution in [0.1, 0.15) is 18.1 Å². The predicted octanol–water partition coefficient (Wildman–Crippen LogP) is 3.60. The molecule has 0 amide bonds. The first-order valence-corrected chi connectivity index (χ1v) is 7.86. The molecule has 0 aliphatic rings. The van der Waals surface area contributed by atoms with E-state index in [4.69, 9.17) is 18.9 Å². The first-order chi connectivity index (χ1) is 11.6. The largest absolute Gasteiger partial charge is 0.504 e. The third-order valence-electron chi connectivity index (χ3n) is 3.75. The average Bonchev–Trinajstić information content (AvgIpc) is 2.61. The van der Waals surface area contributed by atoms with Crippen molar-refractivity contribution < 1.29 is 24.1 Å². The maximum absolute atomic E-state index is 9.97. The Hall–Kier alpha value is -2.56. The molecule has 130 valence electrons. The van der Waals surface area contributed by atoms with Crippen LogP contribution in [0, 0.1) is 0 Å². The SMILES string of the molecule is CCOc1ccc(CCc2cc(OC)c(OC)c(OC)c2)cc1O. The van der Waals surface area contributed by atoms with Gasteiger partial charge in [-0.25, -0.2) is 0 Å². The number of aryl methyl sites for hydroxylation is 2. The van der Waals surface area contributed by atoms with Gasteiger partial charge >= 0.3 is 0 Å². The Morgan fingerprint density at radius 3 is 1.92 bits per heavy atom. The quantitative estimate of drug-likeness (QED) is 0.800. The van der Waals surface area contributed by atoms with E-state index in [-0.39, 0.29) is 5.75 Å². The molecule has 0 unspecified atom stereocenters. The highest BCUT2D eigenvalue weighted by molar-refractivity contribution is 5.54. The maximum atomic E-state index is 9.97. The molecule has 0 spiro atoms. The highest BCUT2D eigenvalue weighted by atomic mass is 16.5. The van der Waals surface area contributed by atoms with Gasteiger partial charge in [0, 0.05) is 0 Å². The van der Waals surface area contributed by atoms with Crippen molar-refractivity contribution in [2.75, 3.05) is 27.9 Å². The maximum Gasteiger partial charge on any atom is 0.203 e. The summed E-state index contributed by atoms with van der Waals surface area (Å²) in [6.45, 7) is 2.41. The molecule has 0 aliphatic carbocycles. The molecule has 5 nitrogen and oxygen atoms in total. The molecule has 2 aromatic rings. The summed E-state index contributed by atoms with van der Waals surface area (Å²) in [4.78, 5) is 0. The summed E-state index contributed by atoms with van der Waals surface area (Å²) in [5, 5.41) is 9.97. The molecule has 0 heterocycles. The van der Waals surface area contributed by atoms with E-state index in [9.17, 15) is 5.11 Å². The lowest BCUT2D eigenvalue weighted by molar-refractivity contribution is 0.318. The highest BCUT2D eigenvalue weighted by Crippen LogP contribution is 2.38. The molecule has 2 aromatic carbocycles. The van der Waals surface area contributed by atoms with E-state index < -0.39 is 0 Å². The normalized spacial score (nSPS) is 10.3. The fourth-order valence-electron chi connectivity index (χ4n) is 2.56. The lowest BCUT2D eigenvalue weighted by Gasteiger charge is -2.14. The first kappa shape index (κ1) is 17.8. The van der Waals surface area contributed by atoms with E-state index in [0.717, 1.165) is 24.0 Å². The monoisotopic (exact) mass is 332 g/mol. The summed E-state index contributed by atoms with van der Waals surface area (Å²) in [5.74, 6) is 2.54. The predicted molar refractivity (Wildman–Crippen MR) is 92.8 cm³/mol. The summed E-state index contributed by atoms with van der Waals surface area (Å²) < 4.78 is 21.4. The molecule has 0 aromatic heterocycles. The van der Waals surface area contributed by atoms with Crippen LogP contribution in [0.15, 0.2) is 30.3 Å². The van der Waals surface area contributed by atoms with Gasteiger partial charge in [-0.2, -0.15) is 0 Å². The molecular formula is C19H24O5. The van der Waals surface area contributed by atoms with E-state index in [2.05, 4.69) is 0 Å². The highest BCUT2D eigenvalue weighted by Gasteiger charge is 2.13. The summed E-state index contributed by atoms with van der Waals surface area (Å²) in [5.41, 5.74) is 2.10. The Labute approximate surface area is 142 Å². The molecular weight excluding hydrogens is 308 g/mol. The zero-order valence-electron chi connectivity index (χ0n) is 14.6. The Balaban J connectivity index is 2.15. The van der Waals surface area contributed by atoms with Gasteiger partial charge in [0.05, 0.1) is 27.9 Å². The van der Waals surface area contributed by atoms with Crippen molar-refractivity contribution in [2.45, 2.75) is 19.8 Å². The minimum absolute atomic E-state index is 0.166. The molecule has 0 atom stereocenters. The van der Waals surface area contributed by atoms with Gasteiger partial charge in [0.2, 0.25) is 5.75 Å². The van der Waals surface area contributed by atoms with Crippen LogP contribution in [0.25, 0.3) is 0 Å². The Morgan fingerprint density at radius 1 is 0.792 bits per heavy atom. The molecule has 0 fully saturated rings. The van der Waals surface area contributed by atoms with Crippen molar-refractivity contribution in [3.8, 4) is 28.7 Å². The Morgan fingerprint density at radius 2 is 1.42 bits per heavy atom. The van der Waals surface area contributed by atoms with E-state index in [1.807, 2.05) is 25.1 Å². The van der Waals surface area contributed by atoms with Gasteiger partial charge in [0.1, 0.15) is 0 Å². The molecule has 1 N–H and O–H groups in total. The number of aromatic hydroxyl groups is 1. The van der Waals surface area contributed by atoms with Gasteiger partial charge < -0.3 is 24.1 Å². The average molecular weight is 332 g/mol. The number of hydrogen-bond acceptors (Lipinski definition) is 5. The number of phenolic OH excluding ortho intramolecular Hbond substituents is 1. The van der Waals surface area contributed by atoms with Crippen LogP contribution in [0.3, 0.4) is 0 Å². The summed E-state index contributed by atoms with van der Waals surface area (Å²) in [6, 6.07) is 9.38. The standard InChI is InChI=1S/C19H24O5/c1-5-24-16-9-8-13(10-15(16)20)6-7-14-11-17(21-2)19(23-4)18(12-14)22-3/h8-12,20H,5-7H2,1-4H3. The second-order valence-electron chi connectivity index (χ2n) is 5.27. The third kappa shape index (κ3) is 4.04. The lowest BCUT2D eigenvalue weighted by atomic mass is 10.0.